The highest BCUT2D eigenvalue weighted by Crippen LogP contribution is 2.46. The number of ether oxygens (including phenoxy) is 2. The highest BCUT2D eigenvalue weighted by molar-refractivity contribution is 5.41. The lowest BCUT2D eigenvalue weighted by Crippen LogP contribution is -2.41. The number of fused-ring (bicyclic) bond motifs is 1. The molecule has 1 aromatic carbocycles. The molecular formula is C11H10F4O2. The smallest absolute Gasteiger partial charge is 0.409 e. The highest BCUT2D eigenvalue weighted by Gasteiger charge is 2.54. The molecule has 0 N–H and O–H groups in total. The Morgan fingerprint density at radius 1 is 1.12 bits per heavy atom. The van der Waals surface area contributed by atoms with Gasteiger partial charge in [0.05, 0.1) is 5.56 Å². The number of alkyl halides is 4. The third-order valence-electron chi connectivity index (χ3n) is 2.46. The normalized spacial score (nSPS) is 20.9. The van der Waals surface area contributed by atoms with Gasteiger partial charge in [0.1, 0.15) is 5.75 Å². The van der Waals surface area contributed by atoms with Crippen LogP contribution in [-0.2, 0) is 10.8 Å². The monoisotopic (exact) mass is 250 g/mol. The van der Waals surface area contributed by atoms with E-state index in [4.69, 9.17) is 0 Å². The Labute approximate surface area is 95.1 Å². The van der Waals surface area contributed by atoms with Crippen LogP contribution in [0.1, 0.15) is 30.9 Å². The summed E-state index contributed by atoms with van der Waals surface area (Å²) in [6.45, 7) is 3.61. The predicted molar refractivity (Wildman–Crippen MR) is 51.1 cm³/mol. The first kappa shape index (κ1) is 12.2. The Kier molecular flexibility index (Phi) is 2.57. The molecule has 0 aromatic heterocycles. The molecule has 0 unspecified atom stereocenters. The van der Waals surface area contributed by atoms with E-state index in [0.29, 0.717) is 5.56 Å². The number of halogens is 4. The van der Waals surface area contributed by atoms with Crippen molar-refractivity contribution in [2.75, 3.05) is 0 Å². The summed E-state index contributed by atoms with van der Waals surface area (Å²) in [5.74, 6) is -0.561. The molecule has 0 aliphatic carbocycles. The molecule has 0 saturated heterocycles. The maximum Gasteiger partial charge on any atom is 0.540 e. The van der Waals surface area contributed by atoms with E-state index < -0.39 is 23.7 Å². The summed E-state index contributed by atoms with van der Waals surface area (Å²) >= 11 is 0. The van der Waals surface area contributed by atoms with E-state index in [2.05, 4.69) is 9.47 Å². The average molecular weight is 250 g/mol. The van der Waals surface area contributed by atoms with Gasteiger partial charge in [-0.25, -0.2) is 4.74 Å². The zero-order valence-electron chi connectivity index (χ0n) is 9.14. The van der Waals surface area contributed by atoms with Gasteiger partial charge in [0.25, 0.3) is 0 Å². The molecule has 0 spiro atoms. The highest BCUT2D eigenvalue weighted by atomic mass is 19.3. The zero-order chi connectivity index (χ0) is 12.8. The molecular weight excluding hydrogens is 240 g/mol. The molecule has 1 aromatic rings. The number of hydrogen-bond acceptors (Lipinski definition) is 2. The van der Waals surface area contributed by atoms with Gasteiger partial charge in [0.15, 0.2) is 0 Å². The minimum absolute atomic E-state index is 0.00135. The molecule has 1 heterocycles. The Bertz CT molecular complexity index is 443. The van der Waals surface area contributed by atoms with Crippen molar-refractivity contribution >= 4 is 0 Å². The van der Waals surface area contributed by atoms with Crippen LogP contribution in [0.3, 0.4) is 0 Å². The Balaban J connectivity index is 2.51. The Morgan fingerprint density at radius 3 is 2.35 bits per heavy atom. The van der Waals surface area contributed by atoms with Crippen LogP contribution in [0.15, 0.2) is 18.2 Å². The van der Waals surface area contributed by atoms with Crippen LogP contribution in [0.25, 0.3) is 0 Å². The predicted octanol–water partition coefficient (Wildman–Crippen LogP) is 3.82. The second-order valence-electron chi connectivity index (χ2n) is 4.09. The lowest BCUT2D eigenvalue weighted by molar-refractivity contribution is -0.461. The van der Waals surface area contributed by atoms with E-state index in [-0.39, 0.29) is 5.92 Å². The van der Waals surface area contributed by atoms with Gasteiger partial charge in [-0.15, -0.1) is 8.78 Å². The van der Waals surface area contributed by atoms with Crippen molar-refractivity contribution in [3.05, 3.63) is 29.3 Å². The summed E-state index contributed by atoms with van der Waals surface area (Å²) in [7, 11) is 0. The molecule has 0 radical (unpaired) electrons. The first-order chi connectivity index (χ1) is 7.71. The molecule has 17 heavy (non-hydrogen) atoms. The summed E-state index contributed by atoms with van der Waals surface area (Å²) in [4.78, 5) is 0. The zero-order valence-corrected chi connectivity index (χ0v) is 9.14. The minimum atomic E-state index is -4.31. The average Bonchev–Trinajstić information content (AvgIpc) is 2.13. The summed E-state index contributed by atoms with van der Waals surface area (Å²) in [5.41, 5.74) is -0.0736. The van der Waals surface area contributed by atoms with Gasteiger partial charge in [-0.1, -0.05) is 19.9 Å². The summed E-state index contributed by atoms with van der Waals surface area (Å²) in [6, 6.07) is 3.70. The maximum absolute atomic E-state index is 13.4. The van der Waals surface area contributed by atoms with Gasteiger partial charge >= 0.3 is 12.4 Å². The molecule has 0 fully saturated rings. The van der Waals surface area contributed by atoms with Crippen molar-refractivity contribution in [2.45, 2.75) is 32.2 Å². The third kappa shape index (κ3) is 2.22. The molecule has 6 heteroatoms. The maximum atomic E-state index is 13.4. The van der Waals surface area contributed by atoms with Gasteiger partial charge in [-0.2, -0.15) is 8.78 Å². The van der Waals surface area contributed by atoms with E-state index >= 15 is 0 Å². The van der Waals surface area contributed by atoms with E-state index in [0.717, 1.165) is 12.1 Å². The topological polar surface area (TPSA) is 18.5 Å². The second kappa shape index (κ2) is 3.60. The molecule has 2 nitrogen and oxygen atoms in total. The van der Waals surface area contributed by atoms with Gasteiger partial charge in [0, 0.05) is 0 Å². The summed E-state index contributed by atoms with van der Waals surface area (Å²) in [6.07, 6.45) is -8.36. The number of rotatable bonds is 1. The third-order valence-corrected chi connectivity index (χ3v) is 2.46. The van der Waals surface area contributed by atoms with Crippen molar-refractivity contribution in [1.29, 1.82) is 0 Å². The van der Waals surface area contributed by atoms with E-state index in [1.54, 1.807) is 13.8 Å². The van der Waals surface area contributed by atoms with Crippen LogP contribution in [0.2, 0.25) is 0 Å². The van der Waals surface area contributed by atoms with Crippen LogP contribution < -0.4 is 4.74 Å². The Morgan fingerprint density at radius 2 is 1.76 bits per heavy atom. The van der Waals surface area contributed by atoms with Gasteiger partial charge in [-0.3, -0.25) is 0 Å². The quantitative estimate of drug-likeness (QED) is 0.705. The number of benzene rings is 1. The first-order valence-corrected chi connectivity index (χ1v) is 5.00. The van der Waals surface area contributed by atoms with E-state index in [1.165, 1.54) is 6.07 Å². The lowest BCUT2D eigenvalue weighted by atomic mass is 9.99. The first-order valence-electron chi connectivity index (χ1n) is 5.00. The Hall–Kier alpha value is -1.30. The van der Waals surface area contributed by atoms with Crippen LogP contribution in [0.4, 0.5) is 17.6 Å². The summed E-state index contributed by atoms with van der Waals surface area (Å²) in [5, 5.41) is 0. The molecule has 1 aliphatic heterocycles. The summed E-state index contributed by atoms with van der Waals surface area (Å²) < 4.78 is 59.5. The van der Waals surface area contributed by atoms with Crippen LogP contribution in [-0.4, -0.2) is 6.29 Å². The molecule has 0 bridgehead atoms. The van der Waals surface area contributed by atoms with Crippen molar-refractivity contribution in [2.24, 2.45) is 0 Å². The molecule has 2 rings (SSSR count). The lowest BCUT2D eigenvalue weighted by Gasteiger charge is -2.30. The fraction of sp³-hybridized carbons (Fsp3) is 0.455. The number of hydrogen-bond donors (Lipinski definition) is 0. The van der Waals surface area contributed by atoms with Gasteiger partial charge in [-0.05, 0) is 23.6 Å². The molecule has 1 aliphatic rings. The van der Waals surface area contributed by atoms with E-state index in [9.17, 15) is 17.6 Å². The van der Waals surface area contributed by atoms with Crippen molar-refractivity contribution in [3.8, 4) is 5.75 Å². The SMILES string of the molecule is CC(C)c1ccc2c(c1)C(F)(F)OC(F)(F)O2. The van der Waals surface area contributed by atoms with Gasteiger partial charge < -0.3 is 4.74 Å². The van der Waals surface area contributed by atoms with E-state index in [1.807, 2.05) is 0 Å². The van der Waals surface area contributed by atoms with Crippen LogP contribution in [0, 0.1) is 0 Å². The van der Waals surface area contributed by atoms with Gasteiger partial charge in [0.2, 0.25) is 0 Å². The second-order valence-corrected chi connectivity index (χ2v) is 4.09. The van der Waals surface area contributed by atoms with Crippen molar-refractivity contribution in [3.63, 3.8) is 0 Å². The van der Waals surface area contributed by atoms with Crippen LogP contribution in [0.5, 0.6) is 5.75 Å². The minimum Gasteiger partial charge on any atom is -0.409 e. The molecule has 0 amide bonds. The largest absolute Gasteiger partial charge is 0.540 e. The fourth-order valence-electron chi connectivity index (χ4n) is 1.58. The molecule has 94 valence electrons. The fourth-order valence-corrected chi connectivity index (χ4v) is 1.58. The molecule has 0 atom stereocenters. The van der Waals surface area contributed by atoms with Crippen molar-refractivity contribution < 1.29 is 27.0 Å². The van der Waals surface area contributed by atoms with Crippen molar-refractivity contribution in [1.82, 2.24) is 0 Å². The standard InChI is InChI=1S/C11H10F4O2/c1-6(2)7-3-4-9-8(5-7)10(12,13)17-11(14,15)16-9/h3-6H,1-2H3. The molecule has 0 saturated carbocycles. The van der Waals surface area contributed by atoms with Crippen LogP contribution >= 0.6 is 0 Å².